The van der Waals surface area contributed by atoms with E-state index >= 15 is 0 Å². The summed E-state index contributed by atoms with van der Waals surface area (Å²) in [6.07, 6.45) is 1.53. The Morgan fingerprint density at radius 3 is 2.62 bits per heavy atom. The van der Waals surface area contributed by atoms with Gasteiger partial charge >= 0.3 is 5.97 Å². The summed E-state index contributed by atoms with van der Waals surface area (Å²) in [4.78, 5) is 27.8. The van der Waals surface area contributed by atoms with Crippen molar-refractivity contribution in [2.75, 3.05) is 6.61 Å². The van der Waals surface area contributed by atoms with Crippen molar-refractivity contribution >= 4 is 11.8 Å². The number of hydrogen-bond donors (Lipinski definition) is 0. The third-order valence-electron chi connectivity index (χ3n) is 2.95. The van der Waals surface area contributed by atoms with Crippen LogP contribution in [0.5, 0.6) is 0 Å². The average Bonchev–Trinajstić information content (AvgIpc) is 2.81. The van der Waals surface area contributed by atoms with Crippen LogP contribution in [0.15, 0.2) is 36.5 Å². The minimum absolute atomic E-state index is 0.267. The molecule has 0 fully saturated rings. The molecule has 0 aliphatic rings. The highest BCUT2D eigenvalue weighted by molar-refractivity contribution is 6.04. The van der Waals surface area contributed by atoms with E-state index in [2.05, 4.69) is 4.98 Å². The number of esters is 1. The molecule has 1 heterocycles. The average molecular weight is 286 g/mol. The number of aromatic nitrogens is 2. The summed E-state index contributed by atoms with van der Waals surface area (Å²) < 4.78 is 6.57. The Morgan fingerprint density at radius 2 is 1.95 bits per heavy atom. The van der Waals surface area contributed by atoms with Crippen LogP contribution in [0.4, 0.5) is 0 Å². The van der Waals surface area contributed by atoms with E-state index in [0.717, 1.165) is 11.3 Å². The summed E-state index contributed by atoms with van der Waals surface area (Å²) in [5.74, 6) is -0.545. The molecule has 5 heteroatoms. The van der Waals surface area contributed by atoms with Crippen LogP contribution < -0.4 is 0 Å². The molecule has 0 N–H and O–H groups in total. The lowest BCUT2D eigenvalue weighted by molar-refractivity contribution is -0.141. The lowest BCUT2D eigenvalue weighted by atomic mass is 10.2. The second kappa shape index (κ2) is 6.83. The molecule has 0 amide bonds. The molecule has 0 radical (unpaired) electrons. The Bertz CT molecular complexity index is 632. The second-order valence-corrected chi connectivity index (χ2v) is 4.72. The first-order chi connectivity index (χ1) is 10.1. The van der Waals surface area contributed by atoms with Gasteiger partial charge < -0.3 is 9.30 Å². The van der Waals surface area contributed by atoms with Gasteiger partial charge in [-0.05, 0) is 19.4 Å². The van der Waals surface area contributed by atoms with E-state index < -0.39 is 5.97 Å². The summed E-state index contributed by atoms with van der Waals surface area (Å²) >= 11 is 0. The highest BCUT2D eigenvalue weighted by Gasteiger charge is 2.18. The number of ketones is 1. The van der Waals surface area contributed by atoms with Crippen molar-refractivity contribution in [3.63, 3.8) is 0 Å². The van der Waals surface area contributed by atoms with Crippen molar-refractivity contribution in [1.29, 1.82) is 0 Å². The number of rotatable bonds is 6. The van der Waals surface area contributed by atoms with E-state index in [1.807, 2.05) is 43.5 Å². The maximum Gasteiger partial charge on any atom is 0.313 e. The van der Waals surface area contributed by atoms with Crippen LogP contribution in [0.3, 0.4) is 0 Å². The first-order valence-electron chi connectivity index (χ1n) is 6.86. The zero-order valence-electron chi connectivity index (χ0n) is 12.2. The van der Waals surface area contributed by atoms with Crippen LogP contribution >= 0.6 is 0 Å². The molecular weight excluding hydrogens is 268 g/mol. The van der Waals surface area contributed by atoms with Gasteiger partial charge in [0.1, 0.15) is 6.42 Å². The van der Waals surface area contributed by atoms with Gasteiger partial charge in [0.25, 0.3) is 0 Å². The molecule has 0 unspecified atom stereocenters. The molecule has 0 atom stereocenters. The molecule has 110 valence electrons. The highest BCUT2D eigenvalue weighted by Crippen LogP contribution is 2.10. The van der Waals surface area contributed by atoms with Crippen LogP contribution in [0.25, 0.3) is 0 Å². The van der Waals surface area contributed by atoms with Gasteiger partial charge in [-0.2, -0.15) is 0 Å². The van der Waals surface area contributed by atoms with Gasteiger partial charge in [-0.3, -0.25) is 9.59 Å². The number of carbonyl (C=O) groups excluding carboxylic acids is 2. The smallest absolute Gasteiger partial charge is 0.313 e. The monoisotopic (exact) mass is 286 g/mol. The molecule has 0 aliphatic heterocycles. The van der Waals surface area contributed by atoms with Crippen molar-refractivity contribution in [2.24, 2.45) is 0 Å². The number of nitrogens with zero attached hydrogens (tertiary/aromatic N) is 2. The van der Waals surface area contributed by atoms with Crippen LogP contribution in [0, 0.1) is 6.92 Å². The van der Waals surface area contributed by atoms with Gasteiger partial charge in [-0.25, -0.2) is 4.98 Å². The van der Waals surface area contributed by atoms with Gasteiger partial charge in [-0.1, -0.05) is 30.3 Å². The normalized spacial score (nSPS) is 10.4. The maximum atomic E-state index is 12.2. The predicted octanol–water partition coefficient (Wildman–Crippen LogP) is 2.38. The lowest BCUT2D eigenvalue weighted by Crippen LogP contribution is -2.16. The van der Waals surface area contributed by atoms with Crippen molar-refractivity contribution in [3.05, 3.63) is 53.6 Å². The first kappa shape index (κ1) is 15.0. The molecule has 0 saturated carbocycles. The molecule has 1 aromatic heterocycles. The number of Topliss-reactive ketones (excluding diaryl/α,β-unsaturated/α-hetero) is 1. The molecule has 2 rings (SSSR count). The Hall–Kier alpha value is -2.43. The molecule has 21 heavy (non-hydrogen) atoms. The number of aryl methyl sites for hydroxylation is 1. The number of imidazole rings is 1. The fourth-order valence-corrected chi connectivity index (χ4v) is 2.09. The van der Waals surface area contributed by atoms with Crippen molar-refractivity contribution in [1.82, 2.24) is 9.55 Å². The molecule has 0 aliphatic carbocycles. The molecule has 5 nitrogen and oxygen atoms in total. The van der Waals surface area contributed by atoms with Gasteiger partial charge in [0.15, 0.2) is 5.82 Å². The third-order valence-corrected chi connectivity index (χ3v) is 2.95. The molecular formula is C16H18N2O3. The van der Waals surface area contributed by atoms with Crippen LogP contribution in [-0.2, 0) is 16.1 Å². The lowest BCUT2D eigenvalue weighted by Gasteiger charge is -2.07. The van der Waals surface area contributed by atoms with Gasteiger partial charge in [0.05, 0.1) is 12.3 Å². The number of carbonyl (C=O) groups is 2. The van der Waals surface area contributed by atoms with Crippen molar-refractivity contribution < 1.29 is 14.3 Å². The van der Waals surface area contributed by atoms with Crippen molar-refractivity contribution in [3.8, 4) is 0 Å². The van der Waals surface area contributed by atoms with E-state index in [1.165, 1.54) is 0 Å². The van der Waals surface area contributed by atoms with Crippen molar-refractivity contribution in [2.45, 2.75) is 26.8 Å². The molecule has 2 aromatic rings. The number of ether oxygens (including phenoxy) is 1. The zero-order valence-corrected chi connectivity index (χ0v) is 12.2. The van der Waals surface area contributed by atoms with Gasteiger partial charge in [0.2, 0.25) is 5.78 Å². The van der Waals surface area contributed by atoms with E-state index in [4.69, 9.17) is 4.74 Å². The van der Waals surface area contributed by atoms with Gasteiger partial charge in [0, 0.05) is 12.7 Å². The Balaban J connectivity index is 2.16. The number of benzene rings is 1. The minimum Gasteiger partial charge on any atom is -0.466 e. The summed E-state index contributed by atoms with van der Waals surface area (Å²) in [6.45, 7) is 4.35. The van der Waals surface area contributed by atoms with E-state index in [0.29, 0.717) is 12.4 Å². The fraction of sp³-hybridized carbons (Fsp3) is 0.312. The summed E-state index contributed by atoms with van der Waals surface area (Å²) in [7, 11) is 0. The summed E-state index contributed by atoms with van der Waals surface area (Å²) in [5.41, 5.74) is 1.82. The molecule has 0 saturated heterocycles. The Morgan fingerprint density at radius 1 is 1.24 bits per heavy atom. The Labute approximate surface area is 123 Å². The third kappa shape index (κ3) is 4.02. The van der Waals surface area contributed by atoms with E-state index in [-0.39, 0.29) is 18.8 Å². The zero-order chi connectivity index (χ0) is 15.2. The quantitative estimate of drug-likeness (QED) is 0.464. The minimum atomic E-state index is -0.519. The standard InChI is InChI=1S/C16H18N2O3/c1-3-21-15(20)9-14(19)16-17-12(2)10-18(16)11-13-7-5-4-6-8-13/h4-8,10H,3,9,11H2,1-2H3. The van der Waals surface area contributed by atoms with Gasteiger partial charge in [-0.15, -0.1) is 0 Å². The first-order valence-corrected chi connectivity index (χ1v) is 6.86. The van der Waals surface area contributed by atoms with E-state index in [1.54, 1.807) is 11.5 Å². The largest absolute Gasteiger partial charge is 0.466 e. The fourth-order valence-electron chi connectivity index (χ4n) is 2.09. The number of hydrogen-bond acceptors (Lipinski definition) is 4. The summed E-state index contributed by atoms with van der Waals surface area (Å²) in [6, 6.07) is 9.79. The highest BCUT2D eigenvalue weighted by atomic mass is 16.5. The second-order valence-electron chi connectivity index (χ2n) is 4.72. The van der Waals surface area contributed by atoms with E-state index in [9.17, 15) is 9.59 Å². The SMILES string of the molecule is CCOC(=O)CC(=O)c1nc(C)cn1Cc1ccccc1. The maximum absolute atomic E-state index is 12.2. The topological polar surface area (TPSA) is 61.2 Å². The molecule has 0 bridgehead atoms. The predicted molar refractivity (Wildman–Crippen MR) is 78.1 cm³/mol. The van der Waals surface area contributed by atoms with Crippen LogP contribution in [0.1, 0.15) is 35.2 Å². The van der Waals surface area contributed by atoms with Crippen LogP contribution in [0.2, 0.25) is 0 Å². The molecule has 0 spiro atoms. The summed E-state index contributed by atoms with van der Waals surface area (Å²) in [5, 5.41) is 0. The molecule has 1 aromatic carbocycles. The van der Waals surface area contributed by atoms with Crippen LogP contribution in [-0.4, -0.2) is 27.9 Å². The Kier molecular flexibility index (Phi) is 4.87.